The monoisotopic (exact) mass is 1670 g/mol. The molecule has 24 aromatic rings. The van der Waals surface area contributed by atoms with E-state index in [4.69, 9.17) is 8.83 Å². The molecule has 0 aliphatic heterocycles. The van der Waals surface area contributed by atoms with Crippen LogP contribution in [-0.2, 0) is 10.8 Å². The quantitative estimate of drug-likeness (QED) is 0.109. The molecule has 0 radical (unpaired) electrons. The van der Waals surface area contributed by atoms with Crippen molar-refractivity contribution in [1.29, 1.82) is 0 Å². The number of hydrogen-bond donors (Lipinski definition) is 0. The van der Waals surface area contributed by atoms with E-state index in [2.05, 4.69) is 459 Å². The minimum Gasteiger partial charge on any atom is -0.456 e. The Morgan fingerprint density at radius 3 is 0.938 bits per heavy atom. The molecule has 2 aliphatic carbocycles. The molecular formula is C122H78N2O2S2. The summed E-state index contributed by atoms with van der Waals surface area (Å²) >= 11 is 3.74. The zero-order chi connectivity index (χ0) is 84.4. The summed E-state index contributed by atoms with van der Waals surface area (Å²) in [5.74, 6) is 0. The number of benzene rings is 20. The molecule has 4 heterocycles. The second-order valence-electron chi connectivity index (χ2n) is 33.5. The first-order chi connectivity index (χ1) is 63.5. The maximum atomic E-state index is 6.32. The second kappa shape index (κ2) is 30.5. The van der Waals surface area contributed by atoms with Crippen LogP contribution >= 0.6 is 22.7 Å². The number of furan rings is 2. The SMILES string of the molecule is c1ccc(C2(c3ccccc3)c3ccccc3-c3c(N(c4ccc(-c5ccc6c(c5)oc5ccccc56)cc4)c4ccc(-c5ccc6c(c5)sc5ccccc56)cc4)cccc32)cc1.c1ccc(C2(c3ccccc3)c3ccccc3-c3c(N(c4ccc(-c5ccc6c(c5)oc5ccccc56)cc4)c4ccc(-c5cccc6c5sc5ccccc56)cc4)cccc32)cc1. The summed E-state index contributed by atoms with van der Waals surface area (Å²) in [6.45, 7) is 0. The normalized spacial score (nSPS) is 12.8. The lowest BCUT2D eigenvalue weighted by Gasteiger charge is -2.34. The highest BCUT2D eigenvalue weighted by molar-refractivity contribution is 7.26. The van der Waals surface area contributed by atoms with Crippen molar-refractivity contribution < 1.29 is 8.83 Å². The van der Waals surface area contributed by atoms with Crippen LogP contribution in [-0.4, -0.2) is 0 Å². The Hall–Kier alpha value is -16.0. The van der Waals surface area contributed by atoms with Gasteiger partial charge in [-0.3, -0.25) is 0 Å². The molecule has 0 saturated heterocycles. The zero-order valence-electron chi connectivity index (χ0n) is 69.6. The van der Waals surface area contributed by atoms with Crippen LogP contribution in [0.15, 0.2) is 482 Å². The molecule has 600 valence electrons. The van der Waals surface area contributed by atoms with Crippen molar-refractivity contribution in [2.45, 2.75) is 10.8 Å². The maximum Gasteiger partial charge on any atom is 0.136 e. The van der Waals surface area contributed by atoms with E-state index < -0.39 is 10.8 Å². The first-order valence-electron chi connectivity index (χ1n) is 43.8. The summed E-state index contributed by atoms with van der Waals surface area (Å²) in [6, 6.07) is 173. The van der Waals surface area contributed by atoms with Crippen LogP contribution in [0.2, 0.25) is 0 Å². The molecule has 0 unspecified atom stereocenters. The molecule has 4 nitrogen and oxygen atoms in total. The number of fused-ring (bicyclic) bond motifs is 18. The molecule has 0 spiro atoms. The third-order valence-electron chi connectivity index (χ3n) is 26.8. The molecule has 0 amide bonds. The van der Waals surface area contributed by atoms with Gasteiger partial charge in [-0.2, -0.15) is 0 Å². The van der Waals surface area contributed by atoms with Crippen molar-refractivity contribution in [3.8, 4) is 66.8 Å². The molecule has 0 atom stereocenters. The Kier molecular flexibility index (Phi) is 17.8. The first kappa shape index (κ1) is 74.6. The average molecular weight is 1670 g/mol. The van der Waals surface area contributed by atoms with Crippen LogP contribution in [0, 0.1) is 0 Å². The molecule has 128 heavy (non-hydrogen) atoms. The molecule has 4 aromatic heterocycles. The lowest BCUT2D eigenvalue weighted by Crippen LogP contribution is -2.28. The predicted octanol–water partition coefficient (Wildman–Crippen LogP) is 34.2. The highest BCUT2D eigenvalue weighted by Crippen LogP contribution is 2.62. The molecule has 20 aromatic carbocycles. The second-order valence-corrected chi connectivity index (χ2v) is 35.7. The minimum atomic E-state index is -0.512. The van der Waals surface area contributed by atoms with Crippen LogP contribution < -0.4 is 9.80 Å². The van der Waals surface area contributed by atoms with Crippen LogP contribution in [0.3, 0.4) is 0 Å². The lowest BCUT2D eigenvalue weighted by molar-refractivity contribution is 0.668. The van der Waals surface area contributed by atoms with E-state index in [0.717, 1.165) is 100 Å². The topological polar surface area (TPSA) is 32.8 Å². The molecule has 2 aliphatic rings. The Labute approximate surface area is 749 Å². The minimum absolute atomic E-state index is 0.510. The third-order valence-corrected chi connectivity index (χ3v) is 29.1. The Balaban J connectivity index is 0.000000139. The van der Waals surface area contributed by atoms with Gasteiger partial charge < -0.3 is 18.6 Å². The van der Waals surface area contributed by atoms with E-state index in [0.29, 0.717) is 0 Å². The van der Waals surface area contributed by atoms with Gasteiger partial charge in [0.2, 0.25) is 0 Å². The fraction of sp³-hybridized carbons (Fsp3) is 0.0164. The van der Waals surface area contributed by atoms with Gasteiger partial charge in [-0.15, -0.1) is 22.7 Å². The summed E-state index contributed by atoms with van der Waals surface area (Å²) in [5, 5.41) is 9.80. The highest BCUT2D eigenvalue weighted by Gasteiger charge is 2.49. The van der Waals surface area contributed by atoms with Gasteiger partial charge in [0.1, 0.15) is 22.3 Å². The standard InChI is InChI=1S/2C61H39NOS/c1-3-15-43(16-4-1)61(44-17-5-2-6-18-44)53-24-10-7-21-52(53)59-54(61)25-14-26-55(59)62(45-34-29-40(30-35-45)42-33-38-49-48-19-8-11-27-56(48)63-57(49)39-42)46-36-31-41(32-37-46)47-22-13-23-51-50-20-9-12-28-58(50)64-60(47)51;1-3-14-44(15-4-1)61(45-16-5-2-6-17-45)53-21-10-7-20-52(53)60-54(61)22-13-23-55(60)62(46-32-26-40(27-33-46)42-30-36-49-48-18-8-11-24-56(48)63-57(49)38-42)47-34-28-41(29-35-47)43-31-37-51-50-19-9-12-25-58(50)64-59(51)39-43/h2*1-39H. The fourth-order valence-electron chi connectivity index (χ4n) is 21.1. The van der Waals surface area contributed by atoms with Crippen molar-refractivity contribution >= 4 is 141 Å². The first-order valence-corrected chi connectivity index (χ1v) is 45.4. The molecule has 0 saturated carbocycles. The summed E-state index contributed by atoms with van der Waals surface area (Å²) in [4.78, 5) is 4.91. The Morgan fingerprint density at radius 2 is 0.492 bits per heavy atom. The van der Waals surface area contributed by atoms with Gasteiger partial charge in [-0.05, 0) is 215 Å². The van der Waals surface area contributed by atoms with Crippen LogP contribution in [0.1, 0.15) is 44.5 Å². The number of para-hydroxylation sites is 2. The smallest absolute Gasteiger partial charge is 0.136 e. The molecule has 0 N–H and O–H groups in total. The predicted molar refractivity (Wildman–Crippen MR) is 539 cm³/mol. The molecule has 6 heteroatoms. The van der Waals surface area contributed by atoms with E-state index >= 15 is 0 Å². The highest BCUT2D eigenvalue weighted by atomic mass is 32.1. The third kappa shape index (κ3) is 11.9. The van der Waals surface area contributed by atoms with Crippen LogP contribution in [0.4, 0.5) is 34.1 Å². The zero-order valence-corrected chi connectivity index (χ0v) is 71.2. The van der Waals surface area contributed by atoms with E-state index in [1.165, 1.54) is 129 Å². The van der Waals surface area contributed by atoms with E-state index in [1.54, 1.807) is 0 Å². The van der Waals surface area contributed by atoms with Crippen LogP contribution in [0.5, 0.6) is 0 Å². The molecule has 0 bridgehead atoms. The van der Waals surface area contributed by atoms with Gasteiger partial charge >= 0.3 is 0 Å². The average Bonchev–Trinajstić information content (AvgIpc) is 1.53. The Morgan fingerprint density at radius 1 is 0.188 bits per heavy atom. The number of anilines is 6. The maximum absolute atomic E-state index is 6.32. The van der Waals surface area contributed by atoms with Gasteiger partial charge in [0.05, 0.1) is 22.2 Å². The van der Waals surface area contributed by atoms with Crippen molar-refractivity contribution in [2.24, 2.45) is 0 Å². The van der Waals surface area contributed by atoms with E-state index in [9.17, 15) is 0 Å². The van der Waals surface area contributed by atoms with Crippen molar-refractivity contribution in [2.75, 3.05) is 9.80 Å². The number of hydrogen-bond acceptors (Lipinski definition) is 6. The summed E-state index contributed by atoms with van der Waals surface area (Å²) < 4.78 is 17.9. The molecular weight excluding hydrogens is 1590 g/mol. The van der Waals surface area contributed by atoms with E-state index in [1.807, 2.05) is 46.9 Å². The summed E-state index contributed by atoms with van der Waals surface area (Å²) in [7, 11) is 0. The number of thiophene rings is 2. The number of rotatable bonds is 14. The van der Waals surface area contributed by atoms with Gasteiger partial charge in [0.25, 0.3) is 0 Å². The lowest BCUT2D eigenvalue weighted by atomic mass is 9.68. The van der Waals surface area contributed by atoms with Gasteiger partial charge in [-0.1, -0.05) is 358 Å². The van der Waals surface area contributed by atoms with E-state index in [-0.39, 0.29) is 0 Å². The van der Waals surface area contributed by atoms with Crippen molar-refractivity contribution in [3.05, 3.63) is 518 Å². The number of nitrogens with zero attached hydrogens (tertiary/aromatic N) is 2. The van der Waals surface area contributed by atoms with Crippen molar-refractivity contribution in [1.82, 2.24) is 0 Å². The summed E-state index contributed by atoms with van der Waals surface area (Å²) in [6.07, 6.45) is 0. The van der Waals surface area contributed by atoms with Gasteiger partial charge in [-0.25, -0.2) is 0 Å². The van der Waals surface area contributed by atoms with Gasteiger partial charge in [0, 0.05) is 95.8 Å². The van der Waals surface area contributed by atoms with Gasteiger partial charge in [0.15, 0.2) is 0 Å². The Bertz CT molecular complexity index is 8180. The fourth-order valence-corrected chi connectivity index (χ4v) is 23.4. The van der Waals surface area contributed by atoms with Crippen molar-refractivity contribution in [3.63, 3.8) is 0 Å². The molecule has 0 fully saturated rings. The van der Waals surface area contributed by atoms with Crippen LogP contribution in [0.25, 0.3) is 151 Å². The largest absolute Gasteiger partial charge is 0.456 e. The summed E-state index contributed by atoms with van der Waals surface area (Å²) in [5.41, 5.74) is 33.7. The molecule has 26 rings (SSSR count).